The number of hydrogen-bond acceptors (Lipinski definition) is 2. The summed E-state index contributed by atoms with van der Waals surface area (Å²) >= 11 is 0. The molecular weight excluding hydrogens is 259 g/mol. The Morgan fingerprint density at radius 1 is 1.00 bits per heavy atom. The van der Waals surface area contributed by atoms with Gasteiger partial charge in [-0.2, -0.15) is 0 Å². The summed E-state index contributed by atoms with van der Waals surface area (Å²) in [6.45, 7) is 3.73. The summed E-state index contributed by atoms with van der Waals surface area (Å²) in [5.74, 6) is -0.196. The minimum absolute atomic E-state index is 0.196. The number of carbonyl (C=O) groups excluding carboxylic acids is 1. The molecule has 0 saturated carbocycles. The van der Waals surface area contributed by atoms with Gasteiger partial charge in [0.05, 0.1) is 0 Å². The predicted molar refractivity (Wildman–Crippen MR) is 76.6 cm³/mol. The van der Waals surface area contributed by atoms with Crippen LogP contribution in [0, 0.1) is 13.8 Å². The topological polar surface area (TPSA) is 54.4 Å². The molecule has 0 fully saturated rings. The van der Waals surface area contributed by atoms with Crippen molar-refractivity contribution in [3.8, 4) is 0 Å². The molecule has 1 unspecified atom stereocenters. The zero-order valence-corrected chi connectivity index (χ0v) is 11.8. The van der Waals surface area contributed by atoms with Gasteiger partial charge in [-0.15, -0.1) is 0 Å². The van der Waals surface area contributed by atoms with E-state index in [1.807, 2.05) is 32.0 Å². The number of aryl methyl sites for hydroxylation is 2. The molecule has 4 heteroatoms. The van der Waals surface area contributed by atoms with Gasteiger partial charge in [0, 0.05) is 16.4 Å². The van der Waals surface area contributed by atoms with Gasteiger partial charge in [-0.05, 0) is 31.0 Å². The molecule has 2 rings (SSSR count). The van der Waals surface area contributed by atoms with E-state index in [1.54, 1.807) is 18.2 Å². The molecular formula is C15H15O3P. The molecule has 0 saturated heterocycles. The molecule has 0 heterocycles. The molecule has 2 aromatic carbocycles. The second kappa shape index (κ2) is 5.52. The summed E-state index contributed by atoms with van der Waals surface area (Å²) in [7, 11) is -2.89. The van der Waals surface area contributed by atoms with Crippen LogP contribution in [-0.4, -0.2) is 10.7 Å². The molecule has 2 aromatic rings. The van der Waals surface area contributed by atoms with Crippen LogP contribution in [0.1, 0.15) is 27.0 Å². The van der Waals surface area contributed by atoms with Crippen molar-refractivity contribution < 1.29 is 14.3 Å². The van der Waals surface area contributed by atoms with E-state index in [9.17, 15) is 14.3 Å². The first-order valence-corrected chi connectivity index (χ1v) is 7.31. The Bertz CT molecular complexity index is 642. The van der Waals surface area contributed by atoms with Gasteiger partial charge >= 0.3 is 0 Å². The standard InChI is InChI=1S/C15H15O3P/c1-10-6-5-7-11(2)14(10)15(16)12-8-3-4-9-13(12)19(17)18/h3-9,19H,1-2H3,(H,17,18). The number of rotatable bonds is 3. The Morgan fingerprint density at radius 2 is 1.58 bits per heavy atom. The minimum Gasteiger partial charge on any atom is -0.343 e. The predicted octanol–water partition coefficient (Wildman–Crippen LogP) is 2.63. The van der Waals surface area contributed by atoms with Crippen LogP contribution in [0.15, 0.2) is 42.5 Å². The number of carbonyl (C=O) groups is 1. The maximum atomic E-state index is 12.6. The van der Waals surface area contributed by atoms with Crippen LogP contribution < -0.4 is 5.30 Å². The third kappa shape index (κ3) is 2.67. The smallest absolute Gasteiger partial charge is 0.218 e. The molecule has 0 bridgehead atoms. The molecule has 3 nitrogen and oxygen atoms in total. The van der Waals surface area contributed by atoms with Crippen LogP contribution in [0.25, 0.3) is 0 Å². The lowest BCUT2D eigenvalue weighted by Gasteiger charge is -2.10. The zero-order valence-electron chi connectivity index (χ0n) is 10.8. The van der Waals surface area contributed by atoms with Gasteiger partial charge in [-0.1, -0.05) is 36.4 Å². The second-order valence-electron chi connectivity index (χ2n) is 4.45. The highest BCUT2D eigenvalue weighted by Crippen LogP contribution is 2.22. The van der Waals surface area contributed by atoms with Crippen molar-refractivity contribution in [1.82, 2.24) is 0 Å². The average Bonchev–Trinajstić information content (AvgIpc) is 2.38. The molecule has 1 N–H and O–H groups in total. The van der Waals surface area contributed by atoms with Crippen molar-refractivity contribution in [3.05, 3.63) is 64.7 Å². The third-order valence-corrected chi connectivity index (χ3v) is 4.01. The van der Waals surface area contributed by atoms with E-state index in [0.29, 0.717) is 11.1 Å². The lowest BCUT2D eigenvalue weighted by Crippen LogP contribution is -2.15. The van der Waals surface area contributed by atoms with Gasteiger partial charge in [0.2, 0.25) is 8.03 Å². The van der Waals surface area contributed by atoms with Gasteiger partial charge in [0.25, 0.3) is 0 Å². The highest BCUT2D eigenvalue weighted by atomic mass is 31.1. The monoisotopic (exact) mass is 274 g/mol. The SMILES string of the molecule is Cc1cccc(C)c1C(=O)c1ccccc1[PH](=O)O. The summed E-state index contributed by atoms with van der Waals surface area (Å²) in [5, 5.41) is 0.222. The average molecular weight is 274 g/mol. The van der Waals surface area contributed by atoms with Crippen molar-refractivity contribution in [3.63, 3.8) is 0 Å². The van der Waals surface area contributed by atoms with Crippen LogP contribution in [0.3, 0.4) is 0 Å². The molecule has 0 aliphatic carbocycles. The molecule has 0 radical (unpaired) electrons. The maximum absolute atomic E-state index is 12.6. The number of benzene rings is 2. The Labute approximate surface area is 112 Å². The fourth-order valence-electron chi connectivity index (χ4n) is 2.17. The normalized spacial score (nSPS) is 12.2. The molecule has 0 aliphatic rings. The summed E-state index contributed by atoms with van der Waals surface area (Å²) in [4.78, 5) is 21.9. The summed E-state index contributed by atoms with van der Waals surface area (Å²) < 4.78 is 11.4. The van der Waals surface area contributed by atoms with E-state index in [2.05, 4.69) is 0 Å². The van der Waals surface area contributed by atoms with E-state index in [0.717, 1.165) is 11.1 Å². The van der Waals surface area contributed by atoms with E-state index in [1.165, 1.54) is 6.07 Å². The van der Waals surface area contributed by atoms with Crippen molar-refractivity contribution in [2.24, 2.45) is 0 Å². The first-order chi connectivity index (χ1) is 9.02. The van der Waals surface area contributed by atoms with Crippen molar-refractivity contribution >= 4 is 19.1 Å². The van der Waals surface area contributed by atoms with Crippen LogP contribution >= 0.6 is 8.03 Å². The van der Waals surface area contributed by atoms with Crippen LogP contribution in [-0.2, 0) is 4.57 Å². The first kappa shape index (κ1) is 13.7. The van der Waals surface area contributed by atoms with Crippen molar-refractivity contribution in [2.75, 3.05) is 0 Å². The highest BCUT2D eigenvalue weighted by molar-refractivity contribution is 7.47. The summed E-state index contributed by atoms with van der Waals surface area (Å²) in [6.07, 6.45) is 0. The van der Waals surface area contributed by atoms with Crippen LogP contribution in [0.4, 0.5) is 0 Å². The number of ketones is 1. The molecule has 0 aliphatic heterocycles. The van der Waals surface area contributed by atoms with E-state index < -0.39 is 8.03 Å². The molecule has 1 atom stereocenters. The third-order valence-electron chi connectivity index (χ3n) is 3.11. The molecule has 0 amide bonds. The van der Waals surface area contributed by atoms with Gasteiger partial charge in [-0.25, -0.2) is 0 Å². The van der Waals surface area contributed by atoms with Gasteiger partial charge in [0.1, 0.15) is 0 Å². The zero-order chi connectivity index (χ0) is 14.0. The molecule has 19 heavy (non-hydrogen) atoms. The lowest BCUT2D eigenvalue weighted by molar-refractivity contribution is 0.103. The molecule has 98 valence electrons. The van der Waals surface area contributed by atoms with E-state index in [4.69, 9.17) is 0 Å². The molecule has 0 aromatic heterocycles. The van der Waals surface area contributed by atoms with E-state index >= 15 is 0 Å². The summed E-state index contributed by atoms with van der Waals surface area (Å²) in [5.41, 5.74) is 2.67. The van der Waals surface area contributed by atoms with Gasteiger partial charge < -0.3 is 4.89 Å². The number of hydrogen-bond donors (Lipinski definition) is 1. The Kier molecular flexibility index (Phi) is 3.98. The fourth-order valence-corrected chi connectivity index (χ4v) is 2.84. The Morgan fingerprint density at radius 3 is 2.16 bits per heavy atom. The second-order valence-corrected chi connectivity index (χ2v) is 5.60. The lowest BCUT2D eigenvalue weighted by atomic mass is 9.95. The summed E-state index contributed by atoms with van der Waals surface area (Å²) in [6, 6.07) is 12.1. The largest absolute Gasteiger partial charge is 0.343 e. The van der Waals surface area contributed by atoms with Gasteiger partial charge in [-0.3, -0.25) is 9.36 Å². The maximum Gasteiger partial charge on any atom is 0.218 e. The van der Waals surface area contributed by atoms with Crippen LogP contribution in [0.5, 0.6) is 0 Å². The van der Waals surface area contributed by atoms with Crippen molar-refractivity contribution in [1.29, 1.82) is 0 Å². The Balaban J connectivity index is 2.60. The first-order valence-electron chi connectivity index (χ1n) is 5.95. The van der Waals surface area contributed by atoms with Crippen LogP contribution in [0.2, 0.25) is 0 Å². The highest BCUT2D eigenvalue weighted by Gasteiger charge is 2.18. The van der Waals surface area contributed by atoms with E-state index in [-0.39, 0.29) is 11.1 Å². The quantitative estimate of drug-likeness (QED) is 0.691. The molecule has 0 spiro atoms. The fraction of sp³-hybridized carbons (Fsp3) is 0.133. The Hall–Kier alpha value is -1.70. The van der Waals surface area contributed by atoms with Gasteiger partial charge in [0.15, 0.2) is 5.78 Å². The van der Waals surface area contributed by atoms with Crippen molar-refractivity contribution in [2.45, 2.75) is 13.8 Å². The minimum atomic E-state index is -2.89.